The van der Waals surface area contributed by atoms with Gasteiger partial charge in [0, 0.05) is 25.5 Å². The lowest BCUT2D eigenvalue weighted by atomic mass is 10.1. The number of aliphatic hydroxyl groups excluding tert-OH is 1. The Hall–Kier alpha value is -2.14. The van der Waals surface area contributed by atoms with E-state index >= 15 is 0 Å². The molecule has 0 bridgehead atoms. The molecule has 1 unspecified atom stereocenters. The molecule has 1 amide bonds. The maximum atomic E-state index is 12.7. The highest BCUT2D eigenvalue weighted by atomic mass is 19.1. The molecule has 0 saturated heterocycles. The Morgan fingerprint density at radius 2 is 2.05 bits per heavy atom. The topological polar surface area (TPSA) is 54.3 Å². The average Bonchev–Trinajstić information content (AvgIpc) is 2.85. The number of rotatable bonds is 5. The van der Waals surface area contributed by atoms with Crippen molar-refractivity contribution < 1.29 is 14.3 Å². The lowest BCUT2D eigenvalue weighted by molar-refractivity contribution is -0.120. The van der Waals surface area contributed by atoms with Gasteiger partial charge in [0.2, 0.25) is 5.91 Å². The summed E-state index contributed by atoms with van der Waals surface area (Å²) in [5, 5.41) is 12.6. The van der Waals surface area contributed by atoms with Gasteiger partial charge in [-0.2, -0.15) is 0 Å². The molecule has 2 N–H and O–H groups in total. The minimum atomic E-state index is -0.743. The average molecular weight is 276 g/mol. The van der Waals surface area contributed by atoms with Gasteiger partial charge in [0.05, 0.1) is 6.42 Å². The van der Waals surface area contributed by atoms with E-state index in [0.29, 0.717) is 0 Å². The molecule has 1 heterocycles. The number of nitrogens with zero attached hydrogens (tertiary/aromatic N) is 1. The maximum Gasteiger partial charge on any atom is 0.224 e. The van der Waals surface area contributed by atoms with Gasteiger partial charge in [-0.15, -0.1) is 0 Å². The number of aliphatic hydroxyl groups is 1. The number of benzene rings is 1. The first-order valence-electron chi connectivity index (χ1n) is 6.36. The molecule has 0 aliphatic rings. The lowest BCUT2D eigenvalue weighted by Crippen LogP contribution is -2.30. The van der Waals surface area contributed by atoms with E-state index in [9.17, 15) is 14.3 Å². The first-order valence-corrected chi connectivity index (χ1v) is 6.36. The summed E-state index contributed by atoms with van der Waals surface area (Å²) in [6, 6.07) is 9.42. The zero-order chi connectivity index (χ0) is 14.5. The smallest absolute Gasteiger partial charge is 0.224 e. The lowest BCUT2D eigenvalue weighted by Gasteiger charge is -2.13. The number of carbonyl (C=O) groups excluding carboxylic acids is 1. The third kappa shape index (κ3) is 3.68. The van der Waals surface area contributed by atoms with E-state index in [0.717, 1.165) is 11.3 Å². The second kappa shape index (κ2) is 6.34. The molecule has 0 fully saturated rings. The first-order chi connectivity index (χ1) is 9.56. The van der Waals surface area contributed by atoms with Crippen molar-refractivity contribution in [2.24, 2.45) is 7.05 Å². The van der Waals surface area contributed by atoms with Crippen LogP contribution in [0.25, 0.3) is 0 Å². The van der Waals surface area contributed by atoms with Crippen LogP contribution in [-0.2, 0) is 18.3 Å². The van der Waals surface area contributed by atoms with Crippen LogP contribution in [0, 0.1) is 5.82 Å². The third-order valence-corrected chi connectivity index (χ3v) is 3.10. The van der Waals surface area contributed by atoms with Gasteiger partial charge in [0.1, 0.15) is 11.9 Å². The van der Waals surface area contributed by atoms with Crippen LogP contribution < -0.4 is 5.32 Å². The molecule has 0 aliphatic heterocycles. The summed E-state index contributed by atoms with van der Waals surface area (Å²) in [4.78, 5) is 11.7. The van der Waals surface area contributed by atoms with Crippen LogP contribution >= 0.6 is 0 Å². The van der Waals surface area contributed by atoms with Crippen molar-refractivity contribution in [3.05, 3.63) is 59.7 Å². The molecule has 5 heteroatoms. The molecule has 20 heavy (non-hydrogen) atoms. The Balaban J connectivity index is 1.83. The van der Waals surface area contributed by atoms with Crippen molar-refractivity contribution in [2.45, 2.75) is 12.5 Å². The van der Waals surface area contributed by atoms with Crippen molar-refractivity contribution >= 4 is 5.91 Å². The van der Waals surface area contributed by atoms with E-state index in [-0.39, 0.29) is 24.7 Å². The molecule has 106 valence electrons. The fraction of sp³-hybridized carbons (Fsp3) is 0.267. The van der Waals surface area contributed by atoms with Gasteiger partial charge in [-0.05, 0) is 29.8 Å². The molecule has 1 aromatic carbocycles. The molecule has 0 spiro atoms. The van der Waals surface area contributed by atoms with Crippen molar-refractivity contribution in [3.8, 4) is 0 Å². The molecule has 2 aromatic rings. The molecule has 0 aliphatic carbocycles. The summed E-state index contributed by atoms with van der Waals surface area (Å²) in [6.07, 6.45) is 1.26. The van der Waals surface area contributed by atoms with Gasteiger partial charge in [-0.3, -0.25) is 4.79 Å². The Labute approximate surface area is 116 Å². The number of hydrogen-bond donors (Lipinski definition) is 2. The number of carbonyl (C=O) groups is 1. The van der Waals surface area contributed by atoms with E-state index in [2.05, 4.69) is 5.32 Å². The number of halogens is 1. The van der Waals surface area contributed by atoms with Crippen LogP contribution in [0.3, 0.4) is 0 Å². The quantitative estimate of drug-likeness (QED) is 0.870. The van der Waals surface area contributed by atoms with E-state index in [1.165, 1.54) is 12.1 Å². The highest BCUT2D eigenvalue weighted by Crippen LogP contribution is 2.11. The summed E-state index contributed by atoms with van der Waals surface area (Å²) in [5.74, 6) is -0.529. The predicted octanol–water partition coefficient (Wildman–Crippen LogP) is 1.56. The largest absolute Gasteiger partial charge is 0.385 e. The molecular weight excluding hydrogens is 259 g/mol. The van der Waals surface area contributed by atoms with Crippen molar-refractivity contribution in [3.63, 3.8) is 0 Å². The summed E-state index contributed by atoms with van der Waals surface area (Å²) in [5.41, 5.74) is 1.48. The zero-order valence-electron chi connectivity index (χ0n) is 11.2. The van der Waals surface area contributed by atoms with E-state index in [1.807, 2.05) is 19.3 Å². The fourth-order valence-corrected chi connectivity index (χ4v) is 1.99. The van der Waals surface area contributed by atoms with Gasteiger partial charge in [-0.25, -0.2) is 4.39 Å². The Morgan fingerprint density at radius 3 is 2.65 bits per heavy atom. The van der Waals surface area contributed by atoms with Gasteiger partial charge >= 0.3 is 0 Å². The van der Waals surface area contributed by atoms with Crippen LogP contribution in [0.1, 0.15) is 17.4 Å². The summed E-state index contributed by atoms with van der Waals surface area (Å²) in [6.45, 7) is 0.151. The minimum Gasteiger partial charge on any atom is -0.385 e. The number of nitrogens with one attached hydrogen (secondary N) is 1. The van der Waals surface area contributed by atoms with E-state index in [1.54, 1.807) is 22.8 Å². The number of aryl methyl sites for hydroxylation is 1. The molecule has 1 aromatic heterocycles. The molecule has 2 rings (SSSR count). The maximum absolute atomic E-state index is 12.7. The number of amides is 1. The first kappa shape index (κ1) is 14.3. The SMILES string of the molecule is Cn1cccc1C(O)CNC(=O)Cc1ccc(F)cc1. The highest BCUT2D eigenvalue weighted by molar-refractivity contribution is 5.78. The minimum absolute atomic E-state index is 0.151. The van der Waals surface area contributed by atoms with Crippen LogP contribution in [0.5, 0.6) is 0 Å². The van der Waals surface area contributed by atoms with Crippen molar-refractivity contribution in [2.75, 3.05) is 6.54 Å². The summed E-state index contributed by atoms with van der Waals surface area (Å²) >= 11 is 0. The fourth-order valence-electron chi connectivity index (χ4n) is 1.99. The van der Waals surface area contributed by atoms with Crippen LogP contribution in [0.4, 0.5) is 4.39 Å². The zero-order valence-corrected chi connectivity index (χ0v) is 11.2. The number of aromatic nitrogens is 1. The van der Waals surface area contributed by atoms with Gasteiger partial charge < -0.3 is 15.0 Å². The Bertz CT molecular complexity index is 578. The van der Waals surface area contributed by atoms with E-state index < -0.39 is 6.10 Å². The van der Waals surface area contributed by atoms with Gasteiger partial charge in [-0.1, -0.05) is 12.1 Å². The van der Waals surface area contributed by atoms with Gasteiger partial charge in [0.25, 0.3) is 0 Å². The Kier molecular flexibility index (Phi) is 4.53. The molecule has 1 atom stereocenters. The third-order valence-electron chi connectivity index (χ3n) is 3.10. The van der Waals surface area contributed by atoms with Crippen LogP contribution in [-0.4, -0.2) is 22.1 Å². The summed E-state index contributed by atoms with van der Waals surface area (Å²) < 4.78 is 14.5. The Morgan fingerprint density at radius 1 is 1.35 bits per heavy atom. The van der Waals surface area contributed by atoms with E-state index in [4.69, 9.17) is 0 Å². The summed E-state index contributed by atoms with van der Waals surface area (Å²) in [7, 11) is 1.83. The standard InChI is InChI=1S/C15H17FN2O2/c1-18-8-2-3-13(18)14(19)10-17-15(20)9-11-4-6-12(16)7-5-11/h2-8,14,19H,9-10H2,1H3,(H,17,20). The second-order valence-electron chi connectivity index (χ2n) is 4.67. The molecule has 0 saturated carbocycles. The normalized spacial score (nSPS) is 12.2. The monoisotopic (exact) mass is 276 g/mol. The predicted molar refractivity (Wildman–Crippen MR) is 73.5 cm³/mol. The van der Waals surface area contributed by atoms with Crippen LogP contribution in [0.15, 0.2) is 42.6 Å². The number of hydrogen-bond acceptors (Lipinski definition) is 2. The van der Waals surface area contributed by atoms with Crippen molar-refractivity contribution in [1.29, 1.82) is 0 Å². The molecule has 4 nitrogen and oxygen atoms in total. The second-order valence-corrected chi connectivity index (χ2v) is 4.67. The molecular formula is C15H17FN2O2. The van der Waals surface area contributed by atoms with Gasteiger partial charge in [0.15, 0.2) is 0 Å². The van der Waals surface area contributed by atoms with Crippen molar-refractivity contribution in [1.82, 2.24) is 9.88 Å². The highest BCUT2D eigenvalue weighted by Gasteiger charge is 2.12. The van der Waals surface area contributed by atoms with Crippen LogP contribution in [0.2, 0.25) is 0 Å². The molecule has 0 radical (unpaired) electrons.